The van der Waals surface area contributed by atoms with Gasteiger partial charge < -0.3 is 19.6 Å². The molecule has 8 nitrogen and oxygen atoms in total. The van der Waals surface area contributed by atoms with Gasteiger partial charge in [0.1, 0.15) is 0 Å². The zero-order chi connectivity index (χ0) is 19.6. The number of benzene rings is 2. The summed E-state index contributed by atoms with van der Waals surface area (Å²) in [6.07, 6.45) is 0.433. The molecule has 3 aromatic rings. The van der Waals surface area contributed by atoms with Crippen LogP contribution in [-0.2, 0) is 13.0 Å². The van der Waals surface area contributed by atoms with Crippen molar-refractivity contribution in [3.05, 3.63) is 68.4 Å². The largest absolute Gasteiger partial charge is 0.493 e. The molecule has 0 radical (unpaired) electrons. The summed E-state index contributed by atoms with van der Waals surface area (Å²) in [6, 6.07) is 9.40. The Hall–Kier alpha value is -3.55. The molecule has 0 atom stereocenters. The number of aromatic nitrogens is 2. The molecule has 0 spiro atoms. The van der Waals surface area contributed by atoms with Crippen molar-refractivity contribution in [3.63, 3.8) is 0 Å². The minimum absolute atomic E-state index is 0.000581. The molecule has 0 aliphatic heterocycles. The highest BCUT2D eigenvalue weighted by Crippen LogP contribution is 2.27. The zero-order valence-corrected chi connectivity index (χ0v) is 14.8. The number of nitrogens with zero attached hydrogens (tertiary/aromatic N) is 1. The molecule has 0 saturated heterocycles. The van der Waals surface area contributed by atoms with Gasteiger partial charge in [0.15, 0.2) is 11.5 Å². The van der Waals surface area contributed by atoms with Crippen LogP contribution < -0.4 is 20.7 Å². The van der Waals surface area contributed by atoms with Gasteiger partial charge in [-0.1, -0.05) is 6.07 Å². The molecule has 0 unspecified atom stereocenters. The van der Waals surface area contributed by atoms with Gasteiger partial charge in [-0.2, -0.15) is 0 Å². The van der Waals surface area contributed by atoms with Crippen molar-refractivity contribution < 1.29 is 19.4 Å². The third-order valence-electron chi connectivity index (χ3n) is 4.30. The van der Waals surface area contributed by atoms with Crippen LogP contribution >= 0.6 is 0 Å². The van der Waals surface area contributed by atoms with Crippen LogP contribution in [0.2, 0.25) is 0 Å². The summed E-state index contributed by atoms with van der Waals surface area (Å²) in [7, 11) is 3.08. The second-order valence-electron chi connectivity index (χ2n) is 5.89. The summed E-state index contributed by atoms with van der Waals surface area (Å²) in [5.41, 5.74) is 0.0230. The number of carbonyl (C=O) groups is 1. The number of methoxy groups -OCH3 is 2. The maximum Gasteiger partial charge on any atom is 0.335 e. The predicted octanol–water partition coefficient (Wildman–Crippen LogP) is 1.65. The number of aromatic carboxylic acids is 1. The fraction of sp³-hybridized carbons (Fsp3) is 0.211. The molecular weight excluding hydrogens is 352 g/mol. The van der Waals surface area contributed by atoms with E-state index in [1.165, 1.54) is 25.3 Å². The number of fused-ring (bicyclic) bond motifs is 1. The number of hydrogen-bond acceptors (Lipinski definition) is 5. The molecule has 3 rings (SSSR count). The van der Waals surface area contributed by atoms with E-state index in [0.29, 0.717) is 17.9 Å². The average molecular weight is 370 g/mol. The molecule has 27 heavy (non-hydrogen) atoms. The molecule has 8 heteroatoms. The Morgan fingerprint density at radius 1 is 1.07 bits per heavy atom. The van der Waals surface area contributed by atoms with Crippen molar-refractivity contribution in [2.24, 2.45) is 0 Å². The SMILES string of the molecule is COc1ccc(CCn2c(=O)[nH]c3cc(C(=O)O)ccc3c2=O)cc1OC. The van der Waals surface area contributed by atoms with Crippen molar-refractivity contribution in [1.82, 2.24) is 9.55 Å². The van der Waals surface area contributed by atoms with Gasteiger partial charge in [-0.25, -0.2) is 9.59 Å². The quantitative estimate of drug-likeness (QED) is 0.683. The molecule has 1 aromatic heterocycles. The molecular formula is C19H18N2O6. The van der Waals surface area contributed by atoms with Gasteiger partial charge in [-0.05, 0) is 42.3 Å². The first-order chi connectivity index (χ1) is 12.9. The van der Waals surface area contributed by atoms with E-state index >= 15 is 0 Å². The summed E-state index contributed by atoms with van der Waals surface area (Å²) in [5.74, 6) is 0.0301. The summed E-state index contributed by atoms with van der Waals surface area (Å²) in [4.78, 5) is 38.5. The number of hydrogen-bond donors (Lipinski definition) is 2. The maximum absolute atomic E-state index is 12.6. The minimum atomic E-state index is -1.13. The fourth-order valence-electron chi connectivity index (χ4n) is 2.87. The van der Waals surface area contributed by atoms with Crippen LogP contribution in [0.1, 0.15) is 15.9 Å². The van der Waals surface area contributed by atoms with Gasteiger partial charge in [0, 0.05) is 6.54 Å². The molecule has 0 fully saturated rings. The normalized spacial score (nSPS) is 10.7. The molecule has 140 valence electrons. The third-order valence-corrected chi connectivity index (χ3v) is 4.30. The van der Waals surface area contributed by atoms with Crippen LogP contribution in [0.4, 0.5) is 0 Å². The van der Waals surface area contributed by atoms with Crippen LogP contribution in [0.15, 0.2) is 46.0 Å². The number of rotatable bonds is 6. The number of carboxylic acids is 1. The van der Waals surface area contributed by atoms with E-state index in [0.717, 1.165) is 10.1 Å². The standard InChI is InChI=1S/C19H18N2O6/c1-26-15-6-3-11(9-16(15)27-2)7-8-21-17(22)13-5-4-12(18(23)24)10-14(13)20-19(21)25/h3-6,9-10H,7-8H2,1-2H3,(H,20,25)(H,23,24). The van der Waals surface area contributed by atoms with Gasteiger partial charge in [-0.15, -0.1) is 0 Å². The minimum Gasteiger partial charge on any atom is -0.493 e. The Morgan fingerprint density at radius 3 is 2.48 bits per heavy atom. The first kappa shape index (κ1) is 18.2. The van der Waals surface area contributed by atoms with E-state index in [9.17, 15) is 14.4 Å². The second kappa shape index (κ2) is 7.36. The summed E-state index contributed by atoms with van der Waals surface area (Å²) >= 11 is 0. The number of nitrogens with one attached hydrogen (secondary N) is 1. The lowest BCUT2D eigenvalue weighted by molar-refractivity contribution is 0.0697. The fourth-order valence-corrected chi connectivity index (χ4v) is 2.87. The Bertz CT molecular complexity index is 1130. The molecule has 0 bridgehead atoms. The first-order valence-electron chi connectivity index (χ1n) is 8.15. The molecule has 0 aliphatic rings. The molecule has 2 N–H and O–H groups in total. The smallest absolute Gasteiger partial charge is 0.335 e. The molecule has 1 heterocycles. The predicted molar refractivity (Wildman–Crippen MR) is 99.0 cm³/mol. The van der Waals surface area contributed by atoms with Crippen molar-refractivity contribution in [2.45, 2.75) is 13.0 Å². The van der Waals surface area contributed by atoms with Gasteiger partial charge in [-0.3, -0.25) is 9.36 Å². The molecule has 0 amide bonds. The monoisotopic (exact) mass is 370 g/mol. The van der Waals surface area contributed by atoms with Crippen LogP contribution in [0, 0.1) is 0 Å². The Morgan fingerprint density at radius 2 is 1.81 bits per heavy atom. The summed E-state index contributed by atoms with van der Waals surface area (Å²) < 4.78 is 11.5. The van der Waals surface area contributed by atoms with E-state index in [2.05, 4.69) is 4.98 Å². The number of ether oxygens (including phenoxy) is 2. The number of aryl methyl sites for hydroxylation is 1. The van der Waals surface area contributed by atoms with Crippen molar-refractivity contribution in [3.8, 4) is 11.5 Å². The van der Waals surface area contributed by atoms with Crippen LogP contribution in [0.5, 0.6) is 11.5 Å². The Labute approximate surface area is 153 Å². The van der Waals surface area contributed by atoms with E-state index in [-0.39, 0.29) is 23.0 Å². The third kappa shape index (κ3) is 3.55. The summed E-state index contributed by atoms with van der Waals surface area (Å²) in [5, 5.41) is 9.29. The van der Waals surface area contributed by atoms with E-state index in [1.807, 2.05) is 6.07 Å². The Kier molecular flexibility index (Phi) is 4.98. The topological polar surface area (TPSA) is 111 Å². The number of aromatic amines is 1. The van der Waals surface area contributed by atoms with Crippen LogP contribution in [0.3, 0.4) is 0 Å². The van der Waals surface area contributed by atoms with Crippen molar-refractivity contribution >= 4 is 16.9 Å². The lowest BCUT2D eigenvalue weighted by Crippen LogP contribution is -2.35. The maximum atomic E-state index is 12.6. The van der Waals surface area contributed by atoms with Crippen LogP contribution in [-0.4, -0.2) is 34.8 Å². The van der Waals surface area contributed by atoms with E-state index in [1.54, 1.807) is 19.2 Å². The second-order valence-corrected chi connectivity index (χ2v) is 5.89. The Balaban J connectivity index is 1.94. The van der Waals surface area contributed by atoms with Crippen molar-refractivity contribution in [1.29, 1.82) is 0 Å². The van der Waals surface area contributed by atoms with Gasteiger partial charge >= 0.3 is 11.7 Å². The van der Waals surface area contributed by atoms with Crippen LogP contribution in [0.25, 0.3) is 10.9 Å². The summed E-state index contributed by atoms with van der Waals surface area (Å²) in [6.45, 7) is 0.167. The highest BCUT2D eigenvalue weighted by atomic mass is 16.5. The lowest BCUT2D eigenvalue weighted by Gasteiger charge is -2.10. The number of H-pyrrole nitrogens is 1. The average Bonchev–Trinajstić information content (AvgIpc) is 2.67. The highest BCUT2D eigenvalue weighted by molar-refractivity contribution is 5.92. The molecule has 2 aromatic carbocycles. The first-order valence-corrected chi connectivity index (χ1v) is 8.15. The van der Waals surface area contributed by atoms with Gasteiger partial charge in [0.25, 0.3) is 5.56 Å². The molecule has 0 saturated carbocycles. The van der Waals surface area contributed by atoms with E-state index < -0.39 is 17.2 Å². The van der Waals surface area contributed by atoms with Gasteiger partial charge in [0.05, 0.1) is 30.7 Å². The number of carboxylic acid groups (broad SMARTS) is 1. The molecule has 0 aliphatic carbocycles. The van der Waals surface area contributed by atoms with Crippen molar-refractivity contribution in [2.75, 3.05) is 14.2 Å². The zero-order valence-electron chi connectivity index (χ0n) is 14.8. The van der Waals surface area contributed by atoms with Gasteiger partial charge in [0.2, 0.25) is 0 Å². The highest BCUT2D eigenvalue weighted by Gasteiger charge is 2.11. The van der Waals surface area contributed by atoms with E-state index in [4.69, 9.17) is 14.6 Å². The lowest BCUT2D eigenvalue weighted by atomic mass is 10.1.